The zero-order valence-electron chi connectivity index (χ0n) is 7.31. The summed E-state index contributed by atoms with van der Waals surface area (Å²) in [6.45, 7) is 2.07. The molecule has 0 saturated heterocycles. The highest BCUT2D eigenvalue weighted by molar-refractivity contribution is 5.18. The van der Waals surface area contributed by atoms with Crippen LogP contribution in [-0.4, -0.2) is 9.97 Å². The van der Waals surface area contributed by atoms with Crippen LogP contribution in [0.25, 0.3) is 0 Å². The van der Waals surface area contributed by atoms with E-state index in [2.05, 4.69) is 16.9 Å². The van der Waals surface area contributed by atoms with Gasteiger partial charge in [-0.2, -0.15) is 0 Å². The van der Waals surface area contributed by atoms with Gasteiger partial charge in [-0.15, -0.1) is 0 Å². The Morgan fingerprint density at radius 3 is 2.67 bits per heavy atom. The minimum Gasteiger partial charge on any atom is -0.310 e. The Bertz CT molecular complexity index is 320. The van der Waals surface area contributed by atoms with E-state index in [0.29, 0.717) is 5.92 Å². The van der Waals surface area contributed by atoms with Crippen molar-refractivity contribution in [3.8, 4) is 0 Å². The summed E-state index contributed by atoms with van der Waals surface area (Å²) in [7, 11) is 0. The molecule has 2 rings (SSSR count). The molecule has 1 fully saturated rings. The Labute approximate surface area is 71.2 Å². The van der Waals surface area contributed by atoms with Crippen LogP contribution in [0.5, 0.6) is 0 Å². The molecule has 0 atom stereocenters. The molecule has 12 heavy (non-hydrogen) atoms. The number of hydrogen-bond donors (Lipinski definition) is 2. The van der Waals surface area contributed by atoms with E-state index in [9.17, 15) is 4.79 Å². The van der Waals surface area contributed by atoms with Crippen molar-refractivity contribution in [3.63, 3.8) is 0 Å². The summed E-state index contributed by atoms with van der Waals surface area (Å²) in [4.78, 5) is 16.7. The highest BCUT2D eigenvalue weighted by Crippen LogP contribution is 2.36. The molecule has 1 aromatic rings. The Balaban J connectivity index is 2.33. The van der Waals surface area contributed by atoms with Crippen molar-refractivity contribution in [2.24, 2.45) is 0 Å². The van der Waals surface area contributed by atoms with E-state index >= 15 is 0 Å². The largest absolute Gasteiger partial charge is 0.323 e. The number of hydrogen-bond acceptors (Lipinski definition) is 1. The third-order valence-corrected chi connectivity index (χ3v) is 2.70. The summed E-state index contributed by atoms with van der Waals surface area (Å²) in [5, 5.41) is 0. The molecule has 0 aliphatic heterocycles. The van der Waals surface area contributed by atoms with E-state index in [0.717, 1.165) is 17.8 Å². The summed E-state index contributed by atoms with van der Waals surface area (Å²) in [5.74, 6) is 0.624. The maximum absolute atomic E-state index is 11.0. The Hall–Kier alpha value is -0.990. The van der Waals surface area contributed by atoms with Crippen molar-refractivity contribution in [2.75, 3.05) is 0 Å². The average molecular weight is 166 g/mol. The lowest BCUT2D eigenvalue weighted by Crippen LogP contribution is -2.12. The van der Waals surface area contributed by atoms with Crippen molar-refractivity contribution < 1.29 is 0 Å². The van der Waals surface area contributed by atoms with Gasteiger partial charge >= 0.3 is 5.69 Å². The molecule has 1 heterocycles. The maximum Gasteiger partial charge on any atom is 0.323 e. The smallest absolute Gasteiger partial charge is 0.310 e. The second-order valence-corrected chi connectivity index (χ2v) is 3.45. The van der Waals surface area contributed by atoms with Gasteiger partial charge in [-0.25, -0.2) is 4.79 Å². The molecule has 0 unspecified atom stereocenters. The van der Waals surface area contributed by atoms with Gasteiger partial charge in [-0.05, 0) is 19.3 Å². The normalized spacial score (nSPS) is 17.8. The lowest BCUT2D eigenvalue weighted by atomic mass is 9.82. The fraction of sp³-hybridized carbons (Fsp3) is 0.667. The van der Waals surface area contributed by atoms with Crippen LogP contribution in [0.15, 0.2) is 4.79 Å². The molecule has 1 aliphatic carbocycles. The Morgan fingerprint density at radius 1 is 1.42 bits per heavy atom. The molecule has 3 heteroatoms. The Kier molecular flexibility index (Phi) is 1.79. The summed E-state index contributed by atoms with van der Waals surface area (Å²) in [5.41, 5.74) is 2.22. The molecule has 1 aliphatic rings. The van der Waals surface area contributed by atoms with Crippen LogP contribution in [0.3, 0.4) is 0 Å². The second-order valence-electron chi connectivity index (χ2n) is 3.45. The van der Waals surface area contributed by atoms with E-state index in [1.54, 1.807) is 0 Å². The molecule has 0 bridgehead atoms. The quantitative estimate of drug-likeness (QED) is 0.687. The highest BCUT2D eigenvalue weighted by atomic mass is 16.1. The molecule has 0 spiro atoms. The average Bonchev–Trinajstić information content (AvgIpc) is 2.27. The molecule has 0 radical (unpaired) electrons. The first-order chi connectivity index (χ1) is 5.81. The van der Waals surface area contributed by atoms with Gasteiger partial charge in [0.25, 0.3) is 0 Å². The van der Waals surface area contributed by atoms with E-state index < -0.39 is 0 Å². The fourth-order valence-corrected chi connectivity index (χ4v) is 1.76. The molecule has 3 nitrogen and oxygen atoms in total. The van der Waals surface area contributed by atoms with E-state index in [1.165, 1.54) is 19.3 Å². The zero-order chi connectivity index (χ0) is 8.55. The number of aryl methyl sites for hydroxylation is 1. The van der Waals surface area contributed by atoms with Crippen LogP contribution in [0.2, 0.25) is 0 Å². The summed E-state index contributed by atoms with van der Waals surface area (Å²) < 4.78 is 0. The molecular formula is C9H14N2O. The van der Waals surface area contributed by atoms with Crippen molar-refractivity contribution >= 4 is 0 Å². The van der Waals surface area contributed by atoms with Crippen LogP contribution in [0.1, 0.15) is 43.5 Å². The molecule has 1 saturated carbocycles. The third-order valence-electron chi connectivity index (χ3n) is 2.70. The number of H-pyrrole nitrogens is 2. The van der Waals surface area contributed by atoms with Gasteiger partial charge in [0, 0.05) is 17.3 Å². The van der Waals surface area contributed by atoms with Gasteiger partial charge in [0.05, 0.1) is 0 Å². The number of aromatic nitrogens is 2. The van der Waals surface area contributed by atoms with Crippen molar-refractivity contribution in [2.45, 2.75) is 38.5 Å². The zero-order valence-corrected chi connectivity index (χ0v) is 7.31. The summed E-state index contributed by atoms with van der Waals surface area (Å²) in [6.07, 6.45) is 4.70. The molecule has 0 aromatic carbocycles. The predicted molar refractivity (Wildman–Crippen MR) is 47.4 cm³/mol. The van der Waals surface area contributed by atoms with Crippen LogP contribution in [-0.2, 0) is 6.42 Å². The van der Waals surface area contributed by atoms with Crippen molar-refractivity contribution in [1.82, 2.24) is 9.97 Å². The monoisotopic (exact) mass is 166 g/mol. The van der Waals surface area contributed by atoms with Crippen molar-refractivity contribution in [3.05, 3.63) is 21.9 Å². The lowest BCUT2D eigenvalue weighted by molar-refractivity contribution is 0.409. The van der Waals surface area contributed by atoms with E-state index in [4.69, 9.17) is 0 Å². The molecule has 1 aromatic heterocycles. The third kappa shape index (κ3) is 1.09. The number of imidazole rings is 1. The van der Waals surface area contributed by atoms with Crippen LogP contribution in [0.4, 0.5) is 0 Å². The van der Waals surface area contributed by atoms with E-state index in [-0.39, 0.29) is 5.69 Å². The summed E-state index contributed by atoms with van der Waals surface area (Å²) in [6, 6.07) is 0. The standard InChI is InChI=1S/C9H14N2O/c1-2-7-8(6-4-3-5-6)11-9(12)10-7/h6H,2-5H2,1H3,(H2,10,11,12). The van der Waals surface area contributed by atoms with Gasteiger partial charge < -0.3 is 9.97 Å². The highest BCUT2D eigenvalue weighted by Gasteiger charge is 2.23. The lowest BCUT2D eigenvalue weighted by Gasteiger charge is -2.24. The molecular weight excluding hydrogens is 152 g/mol. The minimum atomic E-state index is -0.0475. The van der Waals surface area contributed by atoms with Gasteiger partial charge in [-0.1, -0.05) is 13.3 Å². The molecule has 2 N–H and O–H groups in total. The van der Waals surface area contributed by atoms with Crippen LogP contribution >= 0.6 is 0 Å². The second kappa shape index (κ2) is 2.81. The first-order valence-corrected chi connectivity index (χ1v) is 4.62. The van der Waals surface area contributed by atoms with E-state index in [1.807, 2.05) is 0 Å². The van der Waals surface area contributed by atoms with Gasteiger partial charge in [0.1, 0.15) is 0 Å². The van der Waals surface area contributed by atoms with Gasteiger partial charge in [0.2, 0.25) is 0 Å². The topological polar surface area (TPSA) is 48.6 Å². The van der Waals surface area contributed by atoms with Gasteiger partial charge in [0.15, 0.2) is 0 Å². The first kappa shape index (κ1) is 7.65. The fourth-order valence-electron chi connectivity index (χ4n) is 1.76. The first-order valence-electron chi connectivity index (χ1n) is 4.62. The Morgan fingerprint density at radius 2 is 2.17 bits per heavy atom. The number of aromatic amines is 2. The maximum atomic E-state index is 11.0. The SMILES string of the molecule is CCc1[nH]c(=O)[nH]c1C1CCC1. The minimum absolute atomic E-state index is 0.0475. The molecule has 0 amide bonds. The predicted octanol–water partition coefficient (Wildman–Crippen LogP) is 1.53. The summed E-state index contributed by atoms with van der Waals surface area (Å²) >= 11 is 0. The van der Waals surface area contributed by atoms with Gasteiger partial charge in [-0.3, -0.25) is 0 Å². The molecule has 66 valence electrons. The van der Waals surface area contributed by atoms with Crippen LogP contribution < -0.4 is 5.69 Å². The van der Waals surface area contributed by atoms with Crippen molar-refractivity contribution in [1.29, 1.82) is 0 Å². The van der Waals surface area contributed by atoms with Crippen LogP contribution in [0, 0.1) is 0 Å². The number of rotatable bonds is 2. The number of nitrogens with one attached hydrogen (secondary N) is 2.